The molecule has 1 aromatic heterocycles. The van der Waals surface area contributed by atoms with Crippen LogP contribution in [0.2, 0.25) is 0 Å². The van der Waals surface area contributed by atoms with Crippen LogP contribution < -0.4 is 5.73 Å². The first kappa shape index (κ1) is 15.5. The lowest BCUT2D eigenvalue weighted by molar-refractivity contribution is 0.855. The van der Waals surface area contributed by atoms with Crippen molar-refractivity contribution in [3.8, 4) is 0 Å². The molecule has 0 saturated carbocycles. The number of para-hydroxylation sites is 1. The smallest absolute Gasteiger partial charge is 0.128 e. The molecule has 0 spiro atoms. The minimum absolute atomic E-state index is 0.671. The Morgan fingerprint density at radius 3 is 2.20 bits per heavy atom. The van der Waals surface area contributed by atoms with Crippen LogP contribution in [-0.2, 0) is 0 Å². The van der Waals surface area contributed by atoms with Crippen LogP contribution in [0.5, 0.6) is 0 Å². The molecule has 5 heteroatoms. The van der Waals surface area contributed by atoms with E-state index in [1.54, 1.807) is 11.8 Å². The normalized spacial score (nSPS) is 12.2. The first-order chi connectivity index (χ1) is 12.3. The van der Waals surface area contributed by atoms with Crippen molar-refractivity contribution in [3.05, 3.63) is 90.5 Å². The molecule has 0 unspecified atom stereocenters. The third-order valence-corrected chi connectivity index (χ3v) is 4.91. The minimum atomic E-state index is 0.671. The Morgan fingerprint density at radius 1 is 0.800 bits per heavy atom. The SMILES string of the molecule is NC(=C(Sc1ccccc1)n1nnc2ccccc21)c1ccccc1. The molecule has 122 valence electrons. The molecule has 4 nitrogen and oxygen atoms in total. The maximum absolute atomic E-state index is 6.54. The lowest BCUT2D eigenvalue weighted by Gasteiger charge is -2.12. The van der Waals surface area contributed by atoms with Gasteiger partial charge in [-0.15, -0.1) is 5.10 Å². The Kier molecular flexibility index (Phi) is 4.23. The van der Waals surface area contributed by atoms with E-state index in [1.165, 1.54) is 0 Å². The van der Waals surface area contributed by atoms with Crippen LogP contribution >= 0.6 is 11.8 Å². The second kappa shape index (κ2) is 6.83. The van der Waals surface area contributed by atoms with E-state index in [4.69, 9.17) is 5.73 Å². The third-order valence-electron chi connectivity index (χ3n) is 3.82. The molecule has 1 heterocycles. The van der Waals surface area contributed by atoms with E-state index >= 15 is 0 Å². The largest absolute Gasteiger partial charge is 0.396 e. The molecule has 25 heavy (non-hydrogen) atoms. The van der Waals surface area contributed by atoms with E-state index < -0.39 is 0 Å². The molecule has 4 aromatic rings. The van der Waals surface area contributed by atoms with Gasteiger partial charge in [0.2, 0.25) is 0 Å². The van der Waals surface area contributed by atoms with Gasteiger partial charge >= 0.3 is 0 Å². The Labute approximate surface area is 150 Å². The van der Waals surface area contributed by atoms with Gasteiger partial charge in [-0.2, -0.15) is 0 Å². The van der Waals surface area contributed by atoms with E-state index in [1.807, 2.05) is 77.5 Å². The van der Waals surface area contributed by atoms with Crippen LogP contribution in [0.15, 0.2) is 89.8 Å². The lowest BCUT2D eigenvalue weighted by atomic mass is 10.2. The number of nitrogens with two attached hydrogens (primary N) is 1. The number of hydrogen-bond acceptors (Lipinski definition) is 4. The summed E-state index contributed by atoms with van der Waals surface area (Å²) < 4.78 is 1.81. The maximum atomic E-state index is 6.54. The first-order valence-corrected chi connectivity index (χ1v) is 8.73. The average molecular weight is 344 g/mol. The standard InChI is InChI=1S/C20H16N4S/c21-19(15-9-3-1-4-10-15)20(25-16-11-5-2-6-12-16)24-18-14-8-7-13-17(18)22-23-24/h1-14H,21H2. The number of thioether (sulfide) groups is 1. The zero-order chi connectivity index (χ0) is 17.1. The van der Waals surface area contributed by atoms with Crippen molar-refractivity contribution in [2.24, 2.45) is 5.73 Å². The quantitative estimate of drug-likeness (QED) is 0.555. The molecule has 0 radical (unpaired) electrons. The summed E-state index contributed by atoms with van der Waals surface area (Å²) in [6, 6.07) is 28.0. The highest BCUT2D eigenvalue weighted by Crippen LogP contribution is 2.35. The van der Waals surface area contributed by atoms with Gasteiger partial charge in [0.05, 0.1) is 11.2 Å². The van der Waals surface area contributed by atoms with Gasteiger partial charge in [0.25, 0.3) is 0 Å². The number of benzene rings is 3. The summed E-state index contributed by atoms with van der Waals surface area (Å²) >= 11 is 1.58. The molecule has 0 saturated heterocycles. The molecule has 3 aromatic carbocycles. The highest BCUT2D eigenvalue weighted by atomic mass is 32.2. The summed E-state index contributed by atoms with van der Waals surface area (Å²) in [5.41, 5.74) is 9.94. The van der Waals surface area contributed by atoms with Gasteiger partial charge in [-0.25, -0.2) is 4.68 Å². The number of hydrogen-bond donors (Lipinski definition) is 1. The Bertz CT molecular complexity index is 1020. The molecule has 4 rings (SSSR count). The zero-order valence-corrected chi connectivity index (χ0v) is 14.2. The van der Waals surface area contributed by atoms with Crippen LogP contribution in [0, 0.1) is 0 Å². The fourth-order valence-corrected chi connectivity index (χ4v) is 3.54. The molecule has 0 aliphatic carbocycles. The average Bonchev–Trinajstić information content (AvgIpc) is 3.11. The number of rotatable bonds is 4. The van der Waals surface area contributed by atoms with Crippen LogP contribution in [0.4, 0.5) is 0 Å². The predicted octanol–water partition coefficient (Wildman–Crippen LogP) is 4.47. The van der Waals surface area contributed by atoms with Crippen LogP contribution in [0.3, 0.4) is 0 Å². The van der Waals surface area contributed by atoms with Crippen molar-refractivity contribution in [1.29, 1.82) is 0 Å². The molecule has 0 aliphatic heterocycles. The molecule has 0 aliphatic rings. The van der Waals surface area contributed by atoms with Crippen molar-refractivity contribution in [3.63, 3.8) is 0 Å². The van der Waals surface area contributed by atoms with Gasteiger partial charge < -0.3 is 5.73 Å². The molecule has 2 N–H and O–H groups in total. The molecule has 0 fully saturated rings. The highest BCUT2D eigenvalue weighted by Gasteiger charge is 2.15. The fraction of sp³-hybridized carbons (Fsp3) is 0. The Balaban J connectivity index is 1.90. The van der Waals surface area contributed by atoms with Crippen molar-refractivity contribution < 1.29 is 0 Å². The van der Waals surface area contributed by atoms with Crippen molar-refractivity contribution in [2.45, 2.75) is 4.90 Å². The third kappa shape index (κ3) is 3.14. The highest BCUT2D eigenvalue weighted by molar-refractivity contribution is 8.08. The van der Waals surface area contributed by atoms with E-state index in [9.17, 15) is 0 Å². The molecule has 0 bridgehead atoms. The van der Waals surface area contributed by atoms with E-state index in [-0.39, 0.29) is 0 Å². The summed E-state index contributed by atoms with van der Waals surface area (Å²) in [5.74, 6) is 0. The minimum Gasteiger partial charge on any atom is -0.396 e. The van der Waals surface area contributed by atoms with Crippen LogP contribution in [0.25, 0.3) is 21.8 Å². The maximum Gasteiger partial charge on any atom is 0.128 e. The van der Waals surface area contributed by atoms with Gasteiger partial charge in [0.1, 0.15) is 10.5 Å². The Morgan fingerprint density at radius 2 is 1.44 bits per heavy atom. The number of fused-ring (bicyclic) bond motifs is 1. The topological polar surface area (TPSA) is 56.7 Å². The summed E-state index contributed by atoms with van der Waals surface area (Å²) in [6.07, 6.45) is 0. The summed E-state index contributed by atoms with van der Waals surface area (Å²) in [6.45, 7) is 0. The van der Waals surface area contributed by atoms with Crippen molar-refractivity contribution in [1.82, 2.24) is 15.0 Å². The van der Waals surface area contributed by atoms with Gasteiger partial charge in [-0.3, -0.25) is 0 Å². The van der Waals surface area contributed by atoms with Gasteiger partial charge in [-0.1, -0.05) is 77.6 Å². The second-order valence-corrected chi connectivity index (χ2v) is 6.55. The number of aromatic nitrogens is 3. The number of nitrogens with zero attached hydrogens (tertiary/aromatic N) is 3. The molecular weight excluding hydrogens is 328 g/mol. The van der Waals surface area contributed by atoms with E-state index in [0.29, 0.717) is 5.70 Å². The summed E-state index contributed by atoms with van der Waals surface area (Å²) in [5, 5.41) is 9.45. The monoisotopic (exact) mass is 344 g/mol. The van der Waals surface area contributed by atoms with Gasteiger partial charge in [0.15, 0.2) is 0 Å². The second-order valence-electron chi connectivity index (χ2n) is 5.49. The predicted molar refractivity (Wildman–Crippen MR) is 104 cm³/mol. The van der Waals surface area contributed by atoms with Crippen LogP contribution in [-0.4, -0.2) is 15.0 Å². The zero-order valence-electron chi connectivity index (χ0n) is 13.4. The van der Waals surface area contributed by atoms with Crippen molar-refractivity contribution >= 4 is 33.5 Å². The summed E-state index contributed by atoms with van der Waals surface area (Å²) in [7, 11) is 0. The van der Waals surface area contributed by atoms with Gasteiger partial charge in [0, 0.05) is 10.5 Å². The van der Waals surface area contributed by atoms with Crippen molar-refractivity contribution in [2.75, 3.05) is 0 Å². The molecule has 0 atom stereocenters. The van der Waals surface area contributed by atoms with E-state index in [0.717, 1.165) is 26.5 Å². The fourth-order valence-electron chi connectivity index (χ4n) is 2.57. The lowest BCUT2D eigenvalue weighted by Crippen LogP contribution is -2.06. The van der Waals surface area contributed by atoms with E-state index in [2.05, 4.69) is 22.4 Å². The summed E-state index contributed by atoms with van der Waals surface area (Å²) in [4.78, 5) is 1.09. The van der Waals surface area contributed by atoms with Crippen LogP contribution in [0.1, 0.15) is 5.56 Å². The molecule has 0 amide bonds. The Hall–Kier alpha value is -3.05. The van der Waals surface area contributed by atoms with Gasteiger partial charge in [-0.05, 0) is 24.3 Å². The molecular formula is C20H16N4S. The first-order valence-electron chi connectivity index (χ1n) is 7.92.